The molecule has 126 valence electrons. The second kappa shape index (κ2) is 6.84. The molecule has 0 spiro atoms. The summed E-state index contributed by atoms with van der Waals surface area (Å²) in [6.07, 6.45) is 0. The molecule has 24 heavy (non-hydrogen) atoms. The molecule has 0 unspecified atom stereocenters. The number of aromatic nitrogens is 1. The molecule has 0 aliphatic heterocycles. The summed E-state index contributed by atoms with van der Waals surface area (Å²) >= 11 is 0. The first-order valence-corrected chi connectivity index (χ1v) is 7.65. The van der Waals surface area contributed by atoms with Crippen LogP contribution in [0.5, 0.6) is 17.2 Å². The van der Waals surface area contributed by atoms with Crippen LogP contribution in [0.25, 0.3) is 22.2 Å². The van der Waals surface area contributed by atoms with Gasteiger partial charge in [0.2, 0.25) is 0 Å². The van der Waals surface area contributed by atoms with Crippen LogP contribution >= 0.6 is 0 Å². The number of methoxy groups -OCH3 is 3. The summed E-state index contributed by atoms with van der Waals surface area (Å²) in [6, 6.07) is 11.8. The quantitative estimate of drug-likeness (QED) is 0.691. The summed E-state index contributed by atoms with van der Waals surface area (Å²) in [6.45, 7) is 2.22. The van der Waals surface area contributed by atoms with Gasteiger partial charge in [0.1, 0.15) is 5.75 Å². The summed E-state index contributed by atoms with van der Waals surface area (Å²) in [7, 11) is 4.89. The van der Waals surface area contributed by atoms with Crippen molar-refractivity contribution in [3.05, 3.63) is 42.0 Å². The lowest BCUT2D eigenvalue weighted by molar-refractivity contribution is 0.0503. The Bertz CT molecular complexity index is 854. The number of fused-ring (bicyclic) bond motifs is 1. The van der Waals surface area contributed by atoms with E-state index in [4.69, 9.17) is 18.9 Å². The third-order valence-electron chi connectivity index (χ3n) is 4.03. The molecule has 1 aromatic heterocycles. The first-order chi connectivity index (χ1) is 11.7. The third-order valence-corrected chi connectivity index (χ3v) is 4.03. The maximum Gasteiger partial charge on any atom is 0.188 e. The van der Waals surface area contributed by atoms with Gasteiger partial charge in [-0.2, -0.15) is 0 Å². The predicted octanol–water partition coefficient (Wildman–Crippen LogP) is 4.14. The average molecular weight is 327 g/mol. The van der Waals surface area contributed by atoms with E-state index in [0.29, 0.717) is 11.5 Å². The van der Waals surface area contributed by atoms with E-state index < -0.39 is 0 Å². The molecule has 3 aromatic rings. The van der Waals surface area contributed by atoms with E-state index in [1.807, 2.05) is 36.4 Å². The van der Waals surface area contributed by atoms with Crippen LogP contribution in [0.15, 0.2) is 36.4 Å². The first kappa shape index (κ1) is 16.2. The maximum absolute atomic E-state index is 5.77. The highest BCUT2D eigenvalue weighted by Gasteiger charge is 2.18. The van der Waals surface area contributed by atoms with Crippen LogP contribution in [0.1, 0.15) is 5.56 Å². The molecule has 2 aromatic carbocycles. The number of ether oxygens (including phenoxy) is 4. The normalized spacial score (nSPS) is 10.8. The van der Waals surface area contributed by atoms with Gasteiger partial charge in [0.25, 0.3) is 0 Å². The summed E-state index contributed by atoms with van der Waals surface area (Å²) < 4.78 is 21.6. The minimum absolute atomic E-state index is 0.161. The Morgan fingerprint density at radius 1 is 1.00 bits per heavy atom. The van der Waals surface area contributed by atoms with Crippen molar-refractivity contribution in [2.24, 2.45) is 0 Å². The summed E-state index contributed by atoms with van der Waals surface area (Å²) in [5, 5.41) is 0.990. The van der Waals surface area contributed by atoms with Gasteiger partial charge >= 0.3 is 0 Å². The van der Waals surface area contributed by atoms with Gasteiger partial charge in [-0.15, -0.1) is 0 Å². The topological polar surface area (TPSA) is 52.7 Å². The Kier molecular flexibility index (Phi) is 4.62. The summed E-state index contributed by atoms with van der Waals surface area (Å²) in [4.78, 5) is 3.47. The van der Waals surface area contributed by atoms with Crippen molar-refractivity contribution in [2.45, 2.75) is 6.92 Å². The minimum atomic E-state index is 0.161. The highest BCUT2D eigenvalue weighted by atomic mass is 16.7. The first-order valence-electron chi connectivity index (χ1n) is 7.65. The Morgan fingerprint density at radius 2 is 1.83 bits per heavy atom. The van der Waals surface area contributed by atoms with Gasteiger partial charge < -0.3 is 23.9 Å². The lowest BCUT2D eigenvalue weighted by atomic mass is 10.1. The molecule has 1 heterocycles. The van der Waals surface area contributed by atoms with Crippen molar-refractivity contribution in [1.82, 2.24) is 4.98 Å². The molecule has 0 saturated carbocycles. The fourth-order valence-electron chi connectivity index (χ4n) is 2.88. The second-order valence-electron chi connectivity index (χ2n) is 5.43. The van der Waals surface area contributed by atoms with Crippen LogP contribution in [-0.4, -0.2) is 33.1 Å². The molecule has 0 aliphatic rings. The number of rotatable bonds is 6. The zero-order valence-electron chi connectivity index (χ0n) is 14.3. The number of hydrogen-bond acceptors (Lipinski definition) is 4. The van der Waals surface area contributed by atoms with Gasteiger partial charge in [-0.25, -0.2) is 0 Å². The molecule has 5 nitrogen and oxygen atoms in total. The van der Waals surface area contributed by atoms with Crippen molar-refractivity contribution in [2.75, 3.05) is 28.1 Å². The number of aromatic amines is 1. The van der Waals surface area contributed by atoms with E-state index >= 15 is 0 Å². The highest BCUT2D eigenvalue weighted by Crippen LogP contribution is 2.41. The van der Waals surface area contributed by atoms with Crippen LogP contribution in [0.2, 0.25) is 0 Å². The maximum atomic E-state index is 5.77. The van der Waals surface area contributed by atoms with Gasteiger partial charge in [-0.3, -0.25) is 0 Å². The molecule has 0 amide bonds. The van der Waals surface area contributed by atoms with Crippen molar-refractivity contribution in [1.29, 1.82) is 0 Å². The monoisotopic (exact) mass is 327 g/mol. The lowest BCUT2D eigenvalue weighted by Crippen LogP contribution is -2.01. The van der Waals surface area contributed by atoms with E-state index in [1.165, 1.54) is 0 Å². The zero-order chi connectivity index (χ0) is 17.1. The van der Waals surface area contributed by atoms with Gasteiger partial charge in [-0.1, -0.05) is 12.1 Å². The number of nitrogens with one attached hydrogen (secondary N) is 1. The van der Waals surface area contributed by atoms with Crippen molar-refractivity contribution >= 4 is 10.9 Å². The van der Waals surface area contributed by atoms with Gasteiger partial charge in [0, 0.05) is 23.8 Å². The molecular weight excluding hydrogens is 306 g/mol. The van der Waals surface area contributed by atoms with E-state index in [0.717, 1.165) is 33.5 Å². The molecule has 0 fully saturated rings. The third kappa shape index (κ3) is 2.78. The van der Waals surface area contributed by atoms with Crippen LogP contribution in [0.3, 0.4) is 0 Å². The Balaban J connectivity index is 2.19. The molecule has 5 heteroatoms. The van der Waals surface area contributed by atoms with Crippen molar-refractivity contribution < 1.29 is 18.9 Å². The molecule has 0 radical (unpaired) electrons. The lowest BCUT2D eigenvalue weighted by Gasteiger charge is -2.11. The molecule has 0 saturated heterocycles. The Morgan fingerprint density at radius 3 is 2.54 bits per heavy atom. The molecule has 3 rings (SSSR count). The number of H-pyrrole nitrogens is 1. The minimum Gasteiger partial charge on any atom is -0.497 e. The SMILES string of the molecule is COCOc1c(OC)ccc2[nH]c(-c3cccc(OC)c3)c(C)c12. The van der Waals surface area contributed by atoms with Gasteiger partial charge in [0.05, 0.1) is 19.7 Å². The van der Waals surface area contributed by atoms with E-state index in [9.17, 15) is 0 Å². The van der Waals surface area contributed by atoms with E-state index in [1.54, 1.807) is 21.3 Å². The average Bonchev–Trinajstić information content (AvgIpc) is 2.96. The standard InChI is InChI=1S/C19H21NO4/c1-12-17-15(8-9-16(23-4)19(17)24-11-21-2)20-18(12)13-6-5-7-14(10-13)22-3/h5-10,20H,11H2,1-4H3. The summed E-state index contributed by atoms with van der Waals surface area (Å²) in [5.74, 6) is 2.18. The fourth-order valence-corrected chi connectivity index (χ4v) is 2.88. The summed E-state index contributed by atoms with van der Waals surface area (Å²) in [5.41, 5.74) is 4.15. The smallest absolute Gasteiger partial charge is 0.188 e. The Labute approximate surface area is 141 Å². The predicted molar refractivity (Wildman–Crippen MR) is 94.1 cm³/mol. The van der Waals surface area contributed by atoms with Crippen LogP contribution in [0.4, 0.5) is 0 Å². The molecular formula is C19H21NO4. The zero-order valence-corrected chi connectivity index (χ0v) is 14.3. The molecule has 1 N–H and O–H groups in total. The van der Waals surface area contributed by atoms with Crippen LogP contribution < -0.4 is 14.2 Å². The highest BCUT2D eigenvalue weighted by molar-refractivity contribution is 5.96. The molecule has 0 aliphatic carbocycles. The fraction of sp³-hybridized carbons (Fsp3) is 0.263. The van der Waals surface area contributed by atoms with Gasteiger partial charge in [0.15, 0.2) is 18.3 Å². The van der Waals surface area contributed by atoms with E-state index in [2.05, 4.69) is 11.9 Å². The number of hydrogen-bond donors (Lipinski definition) is 1. The number of benzene rings is 2. The van der Waals surface area contributed by atoms with Crippen LogP contribution in [-0.2, 0) is 4.74 Å². The molecule has 0 atom stereocenters. The van der Waals surface area contributed by atoms with Crippen molar-refractivity contribution in [3.8, 4) is 28.5 Å². The van der Waals surface area contributed by atoms with Gasteiger partial charge in [-0.05, 0) is 36.8 Å². The Hall–Kier alpha value is -2.66. The van der Waals surface area contributed by atoms with E-state index in [-0.39, 0.29) is 6.79 Å². The largest absolute Gasteiger partial charge is 0.497 e. The molecule has 0 bridgehead atoms. The second-order valence-corrected chi connectivity index (χ2v) is 5.43. The number of aryl methyl sites for hydroxylation is 1. The van der Waals surface area contributed by atoms with Crippen molar-refractivity contribution in [3.63, 3.8) is 0 Å². The van der Waals surface area contributed by atoms with Crippen LogP contribution in [0, 0.1) is 6.92 Å².